The van der Waals surface area contributed by atoms with Crippen molar-refractivity contribution in [3.63, 3.8) is 0 Å². The fourth-order valence-corrected chi connectivity index (χ4v) is 6.31. The molecule has 0 radical (unpaired) electrons. The van der Waals surface area contributed by atoms with Crippen molar-refractivity contribution in [1.82, 2.24) is 4.72 Å². The third-order valence-electron chi connectivity index (χ3n) is 6.64. The summed E-state index contributed by atoms with van der Waals surface area (Å²) in [5.41, 5.74) is 5.65. The van der Waals surface area contributed by atoms with E-state index in [0.717, 1.165) is 51.3 Å². The van der Waals surface area contributed by atoms with Crippen LogP contribution in [-0.4, -0.2) is 29.1 Å². The average molecular weight is 592 g/mol. The molecule has 0 heterocycles. The molecule has 0 aliphatic carbocycles. The molecule has 4 rings (SSSR count). The summed E-state index contributed by atoms with van der Waals surface area (Å²) < 4.78 is 30.3. The maximum atomic E-state index is 13.2. The number of hydrogen-bond donors (Lipinski definition) is 1. The van der Waals surface area contributed by atoms with E-state index in [-0.39, 0.29) is 0 Å². The zero-order chi connectivity index (χ0) is 27.1. The first-order valence-corrected chi connectivity index (χ1v) is 15.3. The van der Waals surface area contributed by atoms with Crippen molar-refractivity contribution in [1.29, 1.82) is 0 Å². The molecule has 0 unspecified atom stereocenters. The lowest BCUT2D eigenvalue weighted by Crippen LogP contribution is -2.26. The van der Waals surface area contributed by atoms with Crippen molar-refractivity contribution in [3.8, 4) is 0 Å². The second-order valence-electron chi connectivity index (χ2n) is 9.64. The van der Waals surface area contributed by atoms with Crippen LogP contribution in [0.3, 0.4) is 0 Å². The molecule has 0 aliphatic rings. The summed E-state index contributed by atoms with van der Waals surface area (Å²) in [5, 5.41) is 1.65. The van der Waals surface area contributed by atoms with Gasteiger partial charge in [-0.05, 0) is 59.4 Å². The SMILES string of the molecule is CCCCC=C(c1ccc(CCNS(=O)(=O)c2cccc3c(N(C)C)cccc23)cc1)c1cccc(Br)c1. The predicted octanol–water partition coefficient (Wildman–Crippen LogP) is 7.81. The van der Waals surface area contributed by atoms with Gasteiger partial charge < -0.3 is 4.90 Å². The van der Waals surface area contributed by atoms with Gasteiger partial charge in [0.1, 0.15) is 0 Å². The van der Waals surface area contributed by atoms with Crippen LogP contribution in [0, 0.1) is 0 Å². The van der Waals surface area contributed by atoms with Crippen LogP contribution in [0.5, 0.6) is 0 Å². The van der Waals surface area contributed by atoms with Gasteiger partial charge in [-0.15, -0.1) is 0 Å². The molecule has 0 aromatic heterocycles. The van der Waals surface area contributed by atoms with Crippen molar-refractivity contribution < 1.29 is 8.42 Å². The van der Waals surface area contributed by atoms with Gasteiger partial charge in [-0.25, -0.2) is 13.1 Å². The number of allylic oxidation sites excluding steroid dienone is 1. The molecule has 198 valence electrons. The predicted molar refractivity (Wildman–Crippen MR) is 164 cm³/mol. The lowest BCUT2D eigenvalue weighted by molar-refractivity contribution is 0.582. The van der Waals surface area contributed by atoms with E-state index in [1.165, 1.54) is 11.1 Å². The smallest absolute Gasteiger partial charge is 0.241 e. The van der Waals surface area contributed by atoms with Gasteiger partial charge in [-0.2, -0.15) is 0 Å². The number of halogens is 1. The van der Waals surface area contributed by atoms with Crippen molar-refractivity contribution >= 4 is 48.0 Å². The highest BCUT2D eigenvalue weighted by Crippen LogP contribution is 2.30. The largest absolute Gasteiger partial charge is 0.377 e. The highest BCUT2D eigenvalue weighted by Gasteiger charge is 2.18. The van der Waals surface area contributed by atoms with Gasteiger partial charge in [0.05, 0.1) is 4.90 Å². The van der Waals surface area contributed by atoms with Crippen LogP contribution in [0.2, 0.25) is 0 Å². The Kier molecular flexibility index (Phi) is 9.42. The second kappa shape index (κ2) is 12.7. The molecule has 0 amide bonds. The molecule has 4 aromatic rings. The molecule has 0 saturated carbocycles. The second-order valence-corrected chi connectivity index (χ2v) is 12.3. The molecule has 6 heteroatoms. The molecule has 0 aliphatic heterocycles. The Bertz CT molecular complexity index is 1530. The molecule has 0 atom stereocenters. The molecule has 0 spiro atoms. The lowest BCUT2D eigenvalue weighted by Gasteiger charge is -2.17. The minimum Gasteiger partial charge on any atom is -0.377 e. The first kappa shape index (κ1) is 28.1. The van der Waals surface area contributed by atoms with Gasteiger partial charge in [0, 0.05) is 41.6 Å². The molecule has 0 saturated heterocycles. The van der Waals surface area contributed by atoms with E-state index in [4.69, 9.17) is 0 Å². The van der Waals surface area contributed by atoms with Crippen LogP contribution >= 0.6 is 15.9 Å². The van der Waals surface area contributed by atoms with E-state index in [1.807, 2.05) is 49.3 Å². The first-order chi connectivity index (χ1) is 18.3. The van der Waals surface area contributed by atoms with Gasteiger partial charge in [0.15, 0.2) is 0 Å². The average Bonchev–Trinajstić information content (AvgIpc) is 2.91. The van der Waals surface area contributed by atoms with Crippen molar-refractivity contribution in [2.75, 3.05) is 25.5 Å². The number of hydrogen-bond acceptors (Lipinski definition) is 3. The molecule has 0 fully saturated rings. The minimum atomic E-state index is -3.66. The van der Waals surface area contributed by atoms with E-state index in [1.54, 1.807) is 12.1 Å². The van der Waals surface area contributed by atoms with E-state index in [9.17, 15) is 8.42 Å². The summed E-state index contributed by atoms with van der Waals surface area (Å²) in [6, 6.07) is 28.0. The number of sulfonamides is 1. The normalized spacial score (nSPS) is 12.2. The Morgan fingerprint density at radius 3 is 2.32 bits per heavy atom. The summed E-state index contributed by atoms with van der Waals surface area (Å²) in [6.45, 7) is 2.53. The maximum absolute atomic E-state index is 13.2. The van der Waals surface area contributed by atoms with Crippen molar-refractivity contribution in [2.45, 2.75) is 37.5 Å². The number of nitrogens with one attached hydrogen (secondary N) is 1. The van der Waals surface area contributed by atoms with E-state index < -0.39 is 10.0 Å². The number of nitrogens with zero attached hydrogens (tertiary/aromatic N) is 1. The third-order valence-corrected chi connectivity index (χ3v) is 8.66. The number of anilines is 1. The summed E-state index contributed by atoms with van der Waals surface area (Å²) >= 11 is 3.60. The fraction of sp³-hybridized carbons (Fsp3) is 0.250. The van der Waals surface area contributed by atoms with Gasteiger partial charge >= 0.3 is 0 Å². The Morgan fingerprint density at radius 1 is 0.895 bits per heavy atom. The lowest BCUT2D eigenvalue weighted by atomic mass is 9.95. The first-order valence-electron chi connectivity index (χ1n) is 13.0. The van der Waals surface area contributed by atoms with Gasteiger partial charge in [0.25, 0.3) is 0 Å². The number of fused-ring (bicyclic) bond motifs is 1. The quantitative estimate of drug-likeness (QED) is 0.181. The molecule has 0 bridgehead atoms. The molecule has 4 nitrogen and oxygen atoms in total. The van der Waals surface area contributed by atoms with E-state index in [0.29, 0.717) is 17.9 Å². The van der Waals surface area contributed by atoms with E-state index in [2.05, 4.69) is 76.1 Å². The van der Waals surface area contributed by atoms with Crippen LogP contribution in [0.15, 0.2) is 100 Å². The van der Waals surface area contributed by atoms with Gasteiger partial charge in [-0.3, -0.25) is 0 Å². The Labute approximate surface area is 235 Å². The monoisotopic (exact) mass is 590 g/mol. The zero-order valence-corrected chi connectivity index (χ0v) is 24.6. The summed E-state index contributed by atoms with van der Waals surface area (Å²) in [5.74, 6) is 0. The minimum absolute atomic E-state index is 0.310. The Balaban J connectivity index is 1.48. The van der Waals surface area contributed by atoms with Crippen LogP contribution in [0.1, 0.15) is 42.9 Å². The molecule has 38 heavy (non-hydrogen) atoms. The number of benzene rings is 4. The summed E-state index contributed by atoms with van der Waals surface area (Å²) in [6.07, 6.45) is 6.28. The standard InChI is InChI=1S/C32H35BrN2O2S/c1-4-5-6-12-28(26-10-7-11-27(33)23-26)25-19-17-24(18-20-25)21-22-34-38(36,37)32-16-9-13-29-30(32)14-8-15-31(29)35(2)3/h7-20,23,34H,4-6,21-22H2,1-3H3. The molecular weight excluding hydrogens is 556 g/mol. The summed E-state index contributed by atoms with van der Waals surface area (Å²) in [7, 11) is 0.265. The number of unbranched alkanes of at least 4 members (excludes halogenated alkanes) is 2. The van der Waals surface area contributed by atoms with Crippen LogP contribution < -0.4 is 9.62 Å². The highest BCUT2D eigenvalue weighted by atomic mass is 79.9. The van der Waals surface area contributed by atoms with Gasteiger partial charge in [-0.1, -0.05) is 102 Å². The molecular formula is C32H35BrN2O2S. The molecule has 1 N–H and O–H groups in total. The number of rotatable bonds is 11. The molecule has 4 aromatic carbocycles. The van der Waals surface area contributed by atoms with Crippen LogP contribution in [-0.2, 0) is 16.4 Å². The van der Waals surface area contributed by atoms with Crippen molar-refractivity contribution in [2.24, 2.45) is 0 Å². The fourth-order valence-electron chi connectivity index (χ4n) is 4.66. The van der Waals surface area contributed by atoms with E-state index >= 15 is 0 Å². The van der Waals surface area contributed by atoms with Crippen LogP contribution in [0.4, 0.5) is 5.69 Å². The van der Waals surface area contributed by atoms with Crippen molar-refractivity contribution in [3.05, 3.63) is 112 Å². The Hall–Kier alpha value is -2.93. The topological polar surface area (TPSA) is 49.4 Å². The third kappa shape index (κ3) is 6.73. The Morgan fingerprint density at radius 2 is 1.61 bits per heavy atom. The maximum Gasteiger partial charge on any atom is 0.241 e. The zero-order valence-electron chi connectivity index (χ0n) is 22.2. The summed E-state index contributed by atoms with van der Waals surface area (Å²) in [4.78, 5) is 2.31. The van der Waals surface area contributed by atoms with Gasteiger partial charge in [0.2, 0.25) is 10.0 Å². The van der Waals surface area contributed by atoms with Crippen LogP contribution in [0.25, 0.3) is 16.3 Å². The highest BCUT2D eigenvalue weighted by molar-refractivity contribution is 9.10.